The SMILES string of the molecule is CCc1cc2c(nc1-c1ccc(C(C)C)nc1CC)C(C)=CCN2[C@H](CC)COC. The van der Waals surface area contributed by atoms with Crippen LogP contribution in [0.4, 0.5) is 5.69 Å². The van der Waals surface area contributed by atoms with Crippen molar-refractivity contribution in [1.29, 1.82) is 0 Å². The van der Waals surface area contributed by atoms with Crippen LogP contribution in [0.15, 0.2) is 24.3 Å². The Morgan fingerprint density at radius 3 is 2.43 bits per heavy atom. The van der Waals surface area contributed by atoms with Crippen LogP contribution in [-0.2, 0) is 17.6 Å². The standard InChI is InChI=1S/C26H37N3O/c1-8-19-15-24-25(18(6)13-14-29(24)20(9-2)16-30-7)28-26(19)21-11-12-23(17(4)5)27-22(21)10-3/h11-13,15,17,20H,8-10,14,16H2,1-7H3/t20-/m1/s1. The van der Waals surface area contributed by atoms with Crippen molar-refractivity contribution in [3.63, 3.8) is 0 Å². The van der Waals surface area contributed by atoms with E-state index in [1.165, 1.54) is 22.4 Å². The lowest BCUT2D eigenvalue weighted by Crippen LogP contribution is -2.40. The van der Waals surface area contributed by atoms with Crippen molar-refractivity contribution in [3.05, 3.63) is 46.9 Å². The summed E-state index contributed by atoms with van der Waals surface area (Å²) in [6, 6.07) is 7.12. The van der Waals surface area contributed by atoms with Gasteiger partial charge in [0, 0.05) is 30.6 Å². The van der Waals surface area contributed by atoms with Crippen molar-refractivity contribution in [2.45, 2.75) is 72.8 Å². The number of aryl methyl sites for hydroxylation is 2. The molecule has 30 heavy (non-hydrogen) atoms. The predicted octanol–water partition coefficient (Wildman–Crippen LogP) is 6.04. The molecule has 1 aliphatic rings. The van der Waals surface area contributed by atoms with E-state index < -0.39 is 0 Å². The molecule has 4 nitrogen and oxygen atoms in total. The van der Waals surface area contributed by atoms with Gasteiger partial charge in [-0.2, -0.15) is 0 Å². The summed E-state index contributed by atoms with van der Waals surface area (Å²) in [7, 11) is 1.79. The molecule has 0 fully saturated rings. The highest BCUT2D eigenvalue weighted by Gasteiger charge is 2.26. The second-order valence-electron chi connectivity index (χ2n) is 8.51. The molecule has 0 aromatic carbocycles. The van der Waals surface area contributed by atoms with Gasteiger partial charge in [-0.15, -0.1) is 0 Å². The summed E-state index contributed by atoms with van der Waals surface area (Å²) in [6.45, 7) is 14.8. The van der Waals surface area contributed by atoms with Crippen molar-refractivity contribution in [3.8, 4) is 11.3 Å². The maximum Gasteiger partial charge on any atom is 0.0897 e. The van der Waals surface area contributed by atoms with Crippen molar-refractivity contribution < 1.29 is 4.74 Å². The highest BCUT2D eigenvalue weighted by Crippen LogP contribution is 2.37. The first kappa shape index (κ1) is 22.5. The average molecular weight is 408 g/mol. The lowest BCUT2D eigenvalue weighted by molar-refractivity contribution is 0.175. The van der Waals surface area contributed by atoms with Crippen LogP contribution in [0.25, 0.3) is 16.8 Å². The molecule has 2 aromatic rings. The normalized spacial score (nSPS) is 14.7. The fourth-order valence-corrected chi connectivity index (χ4v) is 4.28. The molecule has 0 saturated heterocycles. The molecule has 0 unspecified atom stereocenters. The molecule has 0 bridgehead atoms. The van der Waals surface area contributed by atoms with Crippen LogP contribution in [0, 0.1) is 0 Å². The van der Waals surface area contributed by atoms with Crippen molar-refractivity contribution in [2.75, 3.05) is 25.2 Å². The van der Waals surface area contributed by atoms with Gasteiger partial charge in [0.05, 0.1) is 29.7 Å². The highest BCUT2D eigenvalue weighted by molar-refractivity contribution is 5.81. The summed E-state index contributed by atoms with van der Waals surface area (Å²) < 4.78 is 5.51. The summed E-state index contributed by atoms with van der Waals surface area (Å²) >= 11 is 0. The van der Waals surface area contributed by atoms with E-state index in [2.05, 4.69) is 70.7 Å². The number of rotatable bonds is 8. The van der Waals surface area contributed by atoms with E-state index in [1.54, 1.807) is 7.11 Å². The van der Waals surface area contributed by atoms with E-state index in [0.717, 1.165) is 55.2 Å². The van der Waals surface area contributed by atoms with E-state index in [0.29, 0.717) is 12.0 Å². The molecule has 4 heteroatoms. The molecular weight excluding hydrogens is 370 g/mol. The zero-order chi connectivity index (χ0) is 21.8. The third-order valence-electron chi connectivity index (χ3n) is 6.19. The minimum Gasteiger partial charge on any atom is -0.383 e. The Hall–Kier alpha value is -2.20. The molecule has 0 N–H and O–H groups in total. The van der Waals surface area contributed by atoms with Crippen LogP contribution in [0.3, 0.4) is 0 Å². The third-order valence-corrected chi connectivity index (χ3v) is 6.19. The smallest absolute Gasteiger partial charge is 0.0897 e. The minimum atomic E-state index is 0.355. The number of fused-ring (bicyclic) bond motifs is 1. The van der Waals surface area contributed by atoms with Gasteiger partial charge >= 0.3 is 0 Å². The Kier molecular flexibility index (Phi) is 7.30. The van der Waals surface area contributed by atoms with Crippen LogP contribution < -0.4 is 4.90 Å². The Bertz CT molecular complexity index is 917. The second kappa shape index (κ2) is 9.74. The molecule has 3 heterocycles. The fraction of sp³-hybridized carbons (Fsp3) is 0.538. The molecule has 0 radical (unpaired) electrons. The first-order chi connectivity index (χ1) is 14.4. The molecule has 1 atom stereocenters. The largest absolute Gasteiger partial charge is 0.383 e. The molecule has 0 spiro atoms. The maximum absolute atomic E-state index is 5.51. The Labute approximate surface area is 182 Å². The van der Waals surface area contributed by atoms with Crippen LogP contribution in [0.1, 0.15) is 76.5 Å². The molecule has 0 aliphatic carbocycles. The number of ether oxygens (including phenoxy) is 1. The molecule has 2 aromatic heterocycles. The molecule has 162 valence electrons. The number of allylic oxidation sites excluding steroid dienone is 1. The van der Waals surface area contributed by atoms with E-state index in [9.17, 15) is 0 Å². The second-order valence-corrected chi connectivity index (χ2v) is 8.51. The van der Waals surface area contributed by atoms with E-state index in [1.807, 2.05) is 0 Å². The van der Waals surface area contributed by atoms with Crippen molar-refractivity contribution in [1.82, 2.24) is 9.97 Å². The van der Waals surface area contributed by atoms with Gasteiger partial charge < -0.3 is 9.64 Å². The highest BCUT2D eigenvalue weighted by atomic mass is 16.5. The number of methoxy groups -OCH3 is 1. The summed E-state index contributed by atoms with van der Waals surface area (Å²) in [6.07, 6.45) is 5.20. The van der Waals surface area contributed by atoms with E-state index >= 15 is 0 Å². The Balaban J connectivity index is 2.16. The number of anilines is 1. The van der Waals surface area contributed by atoms with Gasteiger partial charge in [0.15, 0.2) is 0 Å². The minimum absolute atomic E-state index is 0.355. The molecule has 0 amide bonds. The van der Waals surface area contributed by atoms with Crippen LogP contribution in [-0.4, -0.2) is 36.3 Å². The number of aromatic nitrogens is 2. The quantitative estimate of drug-likeness (QED) is 0.535. The van der Waals surface area contributed by atoms with Gasteiger partial charge in [-0.25, -0.2) is 4.98 Å². The summed E-state index contributed by atoms with van der Waals surface area (Å²) in [5, 5.41) is 0. The number of hydrogen-bond acceptors (Lipinski definition) is 4. The lowest BCUT2D eigenvalue weighted by atomic mass is 9.95. The monoisotopic (exact) mass is 407 g/mol. The molecular formula is C26H37N3O. The third kappa shape index (κ3) is 4.29. The average Bonchev–Trinajstić information content (AvgIpc) is 2.76. The van der Waals surface area contributed by atoms with E-state index in [4.69, 9.17) is 14.7 Å². The summed E-state index contributed by atoms with van der Waals surface area (Å²) in [4.78, 5) is 12.7. The number of pyridine rings is 2. The van der Waals surface area contributed by atoms with Crippen LogP contribution in [0.5, 0.6) is 0 Å². The molecule has 3 rings (SSSR count). The van der Waals surface area contributed by atoms with Gasteiger partial charge in [-0.05, 0) is 61.4 Å². The predicted molar refractivity (Wildman–Crippen MR) is 127 cm³/mol. The van der Waals surface area contributed by atoms with Crippen LogP contribution in [0.2, 0.25) is 0 Å². The number of nitrogens with zero attached hydrogens (tertiary/aromatic N) is 3. The Morgan fingerprint density at radius 1 is 1.07 bits per heavy atom. The van der Waals surface area contributed by atoms with E-state index in [-0.39, 0.29) is 0 Å². The van der Waals surface area contributed by atoms with Crippen LogP contribution >= 0.6 is 0 Å². The van der Waals surface area contributed by atoms with Gasteiger partial charge in [-0.1, -0.05) is 40.7 Å². The molecule has 1 aliphatic heterocycles. The van der Waals surface area contributed by atoms with Gasteiger partial charge in [0.2, 0.25) is 0 Å². The van der Waals surface area contributed by atoms with Gasteiger partial charge in [0.25, 0.3) is 0 Å². The van der Waals surface area contributed by atoms with Crippen molar-refractivity contribution in [2.24, 2.45) is 0 Å². The zero-order valence-corrected chi connectivity index (χ0v) is 19.7. The summed E-state index contributed by atoms with van der Waals surface area (Å²) in [5.41, 5.74) is 9.43. The Morgan fingerprint density at radius 2 is 1.83 bits per heavy atom. The first-order valence-electron chi connectivity index (χ1n) is 11.4. The number of hydrogen-bond donors (Lipinski definition) is 0. The first-order valence-corrected chi connectivity index (χ1v) is 11.4. The molecule has 0 saturated carbocycles. The van der Waals surface area contributed by atoms with Gasteiger partial charge in [0.1, 0.15) is 0 Å². The van der Waals surface area contributed by atoms with Gasteiger partial charge in [-0.3, -0.25) is 4.98 Å². The zero-order valence-electron chi connectivity index (χ0n) is 19.7. The maximum atomic E-state index is 5.51. The lowest BCUT2D eigenvalue weighted by Gasteiger charge is -2.36. The topological polar surface area (TPSA) is 38.2 Å². The summed E-state index contributed by atoms with van der Waals surface area (Å²) in [5.74, 6) is 0.428. The van der Waals surface area contributed by atoms with Crippen molar-refractivity contribution >= 4 is 11.3 Å². The fourth-order valence-electron chi connectivity index (χ4n) is 4.28.